The summed E-state index contributed by atoms with van der Waals surface area (Å²) in [7, 11) is 1.54. The van der Waals surface area contributed by atoms with Gasteiger partial charge in [-0.05, 0) is 41.8 Å². The Morgan fingerprint density at radius 1 is 1.13 bits per heavy atom. The number of amides is 1. The fourth-order valence-corrected chi connectivity index (χ4v) is 3.60. The summed E-state index contributed by atoms with van der Waals surface area (Å²) in [6.07, 6.45) is 2.52. The van der Waals surface area contributed by atoms with Crippen molar-refractivity contribution in [2.75, 3.05) is 26.9 Å². The zero-order chi connectivity index (χ0) is 22.4. The summed E-state index contributed by atoms with van der Waals surface area (Å²) in [6.45, 7) is 6.56. The van der Waals surface area contributed by atoms with Gasteiger partial charge in [-0.1, -0.05) is 43.8 Å². The molecule has 3 rings (SSSR count). The van der Waals surface area contributed by atoms with Crippen molar-refractivity contribution in [2.24, 2.45) is 0 Å². The third kappa shape index (κ3) is 4.70. The number of methoxy groups -OCH3 is 1. The van der Waals surface area contributed by atoms with E-state index in [9.17, 15) is 14.7 Å². The van der Waals surface area contributed by atoms with Crippen molar-refractivity contribution in [3.8, 4) is 5.75 Å². The number of benzene rings is 2. The van der Waals surface area contributed by atoms with Crippen molar-refractivity contribution < 1.29 is 24.2 Å². The molecule has 0 radical (unpaired) electrons. The summed E-state index contributed by atoms with van der Waals surface area (Å²) in [5.74, 6) is -0.943. The van der Waals surface area contributed by atoms with Crippen LogP contribution in [0.25, 0.3) is 5.76 Å². The quantitative estimate of drug-likeness (QED) is 0.288. The minimum Gasteiger partial charge on any atom is -0.507 e. The second-order valence-corrected chi connectivity index (χ2v) is 7.20. The van der Waals surface area contributed by atoms with Gasteiger partial charge in [-0.15, -0.1) is 0 Å². The van der Waals surface area contributed by atoms with Crippen LogP contribution in [-0.2, 0) is 20.7 Å². The fourth-order valence-electron chi connectivity index (χ4n) is 3.60. The first-order chi connectivity index (χ1) is 15.0. The zero-order valence-corrected chi connectivity index (χ0v) is 17.8. The van der Waals surface area contributed by atoms with Gasteiger partial charge in [0, 0.05) is 19.2 Å². The molecule has 31 heavy (non-hydrogen) atoms. The Kier molecular flexibility index (Phi) is 7.26. The molecule has 1 fully saturated rings. The molecule has 0 spiro atoms. The van der Waals surface area contributed by atoms with Gasteiger partial charge in [0.25, 0.3) is 11.7 Å². The first-order valence-corrected chi connectivity index (χ1v) is 10.2. The molecule has 6 nitrogen and oxygen atoms in total. The molecule has 1 N–H and O–H groups in total. The van der Waals surface area contributed by atoms with Crippen molar-refractivity contribution in [3.05, 3.63) is 83.4 Å². The number of aliphatic hydroxyl groups excluding tert-OH is 1. The molecule has 1 saturated heterocycles. The number of carbonyl (C=O) groups excluding carboxylic acids is 2. The summed E-state index contributed by atoms with van der Waals surface area (Å²) >= 11 is 0. The van der Waals surface area contributed by atoms with Crippen LogP contribution in [0.3, 0.4) is 0 Å². The molecule has 1 heterocycles. The Hall–Kier alpha value is -3.38. The van der Waals surface area contributed by atoms with Gasteiger partial charge in [-0.2, -0.15) is 0 Å². The number of Topliss-reactive ketones (excluding diaryl/α,β-unsaturated/α-hetero) is 1. The Morgan fingerprint density at radius 2 is 1.81 bits per heavy atom. The average Bonchev–Trinajstić information content (AvgIpc) is 3.06. The molecule has 2 aromatic carbocycles. The standard InChI is InChI=1S/C25H27NO5/c1-4-15-31-20-12-10-19(11-13-20)23(27)21-22(18-8-6-17(5-2)7-9-18)26(14-16-30-3)25(29)24(21)28/h4,6-13,22,27H,1,5,14-16H2,2-3H3/t22-/m1/s1. The van der Waals surface area contributed by atoms with Crippen LogP contribution in [0.4, 0.5) is 0 Å². The van der Waals surface area contributed by atoms with Gasteiger partial charge in [0.15, 0.2) is 0 Å². The van der Waals surface area contributed by atoms with E-state index in [2.05, 4.69) is 13.5 Å². The number of ketones is 1. The topological polar surface area (TPSA) is 76.1 Å². The number of hydrogen-bond acceptors (Lipinski definition) is 5. The molecular weight excluding hydrogens is 394 g/mol. The van der Waals surface area contributed by atoms with Crippen LogP contribution in [0, 0.1) is 0 Å². The van der Waals surface area contributed by atoms with E-state index in [1.807, 2.05) is 24.3 Å². The molecule has 0 saturated carbocycles. The lowest BCUT2D eigenvalue weighted by atomic mass is 9.94. The second kappa shape index (κ2) is 10.1. The minimum absolute atomic E-state index is 0.0742. The number of carbonyl (C=O) groups is 2. The van der Waals surface area contributed by atoms with Crippen molar-refractivity contribution in [2.45, 2.75) is 19.4 Å². The smallest absolute Gasteiger partial charge is 0.295 e. The lowest BCUT2D eigenvalue weighted by molar-refractivity contribution is -0.140. The molecule has 0 bridgehead atoms. The number of nitrogens with zero attached hydrogens (tertiary/aromatic N) is 1. The maximum absolute atomic E-state index is 12.9. The Bertz CT molecular complexity index is 976. The fraction of sp³-hybridized carbons (Fsp3) is 0.280. The highest BCUT2D eigenvalue weighted by Crippen LogP contribution is 2.39. The van der Waals surface area contributed by atoms with Crippen molar-refractivity contribution in [3.63, 3.8) is 0 Å². The van der Waals surface area contributed by atoms with Crippen molar-refractivity contribution in [1.82, 2.24) is 4.90 Å². The Balaban J connectivity index is 2.05. The molecule has 6 heteroatoms. The Morgan fingerprint density at radius 3 is 2.39 bits per heavy atom. The van der Waals surface area contributed by atoms with E-state index in [0.717, 1.165) is 17.5 Å². The van der Waals surface area contributed by atoms with E-state index in [1.165, 1.54) is 12.0 Å². The number of aliphatic hydroxyl groups is 1. The van der Waals surface area contributed by atoms with Crippen molar-refractivity contribution in [1.29, 1.82) is 0 Å². The molecule has 1 aliphatic heterocycles. The third-order valence-electron chi connectivity index (χ3n) is 5.28. The highest BCUT2D eigenvalue weighted by molar-refractivity contribution is 6.46. The van der Waals surface area contributed by atoms with Crippen LogP contribution in [0.2, 0.25) is 0 Å². The number of likely N-dealkylation sites (tertiary alicyclic amines) is 1. The number of aryl methyl sites for hydroxylation is 1. The van der Waals surface area contributed by atoms with Crippen molar-refractivity contribution >= 4 is 17.4 Å². The summed E-state index contributed by atoms with van der Waals surface area (Å²) in [4.78, 5) is 27.2. The first-order valence-electron chi connectivity index (χ1n) is 10.2. The molecule has 1 aliphatic rings. The molecule has 2 aromatic rings. The summed E-state index contributed by atoms with van der Waals surface area (Å²) in [5.41, 5.74) is 2.42. The van der Waals surface area contributed by atoms with E-state index in [-0.39, 0.29) is 24.5 Å². The molecule has 0 aliphatic carbocycles. The van der Waals surface area contributed by atoms with E-state index in [1.54, 1.807) is 30.3 Å². The summed E-state index contributed by atoms with van der Waals surface area (Å²) in [5, 5.41) is 11.0. The van der Waals surface area contributed by atoms with Crippen LogP contribution in [0.15, 0.2) is 66.8 Å². The van der Waals surface area contributed by atoms with Gasteiger partial charge in [-0.3, -0.25) is 9.59 Å². The average molecular weight is 421 g/mol. The highest BCUT2D eigenvalue weighted by Gasteiger charge is 2.45. The molecule has 162 valence electrons. The van der Waals surface area contributed by atoms with E-state index < -0.39 is 17.7 Å². The van der Waals surface area contributed by atoms with Crippen LogP contribution < -0.4 is 4.74 Å². The third-order valence-corrected chi connectivity index (χ3v) is 5.28. The SMILES string of the molecule is C=CCOc1ccc(C(O)=C2C(=O)C(=O)N(CCOC)[C@@H]2c2ccc(CC)cc2)cc1. The molecule has 0 aromatic heterocycles. The minimum atomic E-state index is -0.704. The first kappa shape index (κ1) is 22.3. The zero-order valence-electron chi connectivity index (χ0n) is 17.8. The van der Waals surface area contributed by atoms with E-state index >= 15 is 0 Å². The molecule has 0 unspecified atom stereocenters. The van der Waals surface area contributed by atoms with Gasteiger partial charge >= 0.3 is 0 Å². The molecule has 1 atom stereocenters. The van der Waals surface area contributed by atoms with Crippen LogP contribution in [-0.4, -0.2) is 48.6 Å². The normalized spacial score (nSPS) is 17.7. The monoisotopic (exact) mass is 421 g/mol. The number of ether oxygens (including phenoxy) is 2. The van der Waals surface area contributed by atoms with E-state index in [4.69, 9.17) is 9.47 Å². The molecular formula is C25H27NO5. The largest absolute Gasteiger partial charge is 0.507 e. The Labute approximate surface area is 182 Å². The summed E-state index contributed by atoms with van der Waals surface area (Å²) < 4.78 is 10.6. The highest BCUT2D eigenvalue weighted by atomic mass is 16.5. The second-order valence-electron chi connectivity index (χ2n) is 7.20. The van der Waals surface area contributed by atoms with Gasteiger partial charge in [-0.25, -0.2) is 0 Å². The predicted octanol–water partition coefficient (Wildman–Crippen LogP) is 3.88. The van der Waals surface area contributed by atoms with Gasteiger partial charge in [0.1, 0.15) is 18.1 Å². The van der Waals surface area contributed by atoms with E-state index in [0.29, 0.717) is 17.9 Å². The van der Waals surface area contributed by atoms with Crippen LogP contribution in [0.1, 0.15) is 29.7 Å². The lowest BCUT2D eigenvalue weighted by Crippen LogP contribution is -2.32. The van der Waals surface area contributed by atoms with Crippen LogP contribution in [0.5, 0.6) is 5.75 Å². The van der Waals surface area contributed by atoms with Gasteiger partial charge in [0.05, 0.1) is 18.2 Å². The summed E-state index contributed by atoms with van der Waals surface area (Å²) in [6, 6.07) is 13.8. The van der Waals surface area contributed by atoms with Crippen LogP contribution >= 0.6 is 0 Å². The van der Waals surface area contributed by atoms with Gasteiger partial charge in [0.2, 0.25) is 0 Å². The van der Waals surface area contributed by atoms with Gasteiger partial charge < -0.3 is 19.5 Å². The lowest BCUT2D eigenvalue weighted by Gasteiger charge is -2.25. The number of hydrogen-bond donors (Lipinski definition) is 1. The predicted molar refractivity (Wildman–Crippen MR) is 119 cm³/mol. The maximum Gasteiger partial charge on any atom is 0.295 e. The number of rotatable bonds is 9. The molecule has 1 amide bonds. The maximum atomic E-state index is 12.9.